The second-order valence-corrected chi connectivity index (χ2v) is 8.42. The van der Waals surface area contributed by atoms with Gasteiger partial charge >= 0.3 is 0 Å². The molecule has 1 N–H and O–H groups in total. The number of nitrogens with zero attached hydrogens (tertiary/aromatic N) is 3. The summed E-state index contributed by atoms with van der Waals surface area (Å²) in [6.45, 7) is 5.35. The molecule has 8 nitrogen and oxygen atoms in total. The fourth-order valence-electron chi connectivity index (χ4n) is 3.50. The fourth-order valence-corrected chi connectivity index (χ4v) is 4.41. The van der Waals surface area contributed by atoms with Gasteiger partial charge in [-0.3, -0.25) is 24.3 Å². The third kappa shape index (κ3) is 3.90. The smallest absolute Gasteiger partial charge is 0.274 e. The second kappa shape index (κ2) is 8.35. The molecule has 0 aliphatic carbocycles. The normalized spacial score (nSPS) is 11.0. The molecule has 2 heterocycles. The number of nitro benzene ring substituents is 1. The van der Waals surface area contributed by atoms with Crippen molar-refractivity contribution >= 4 is 38.8 Å². The first-order valence-electron chi connectivity index (χ1n) is 9.84. The van der Waals surface area contributed by atoms with Crippen molar-refractivity contribution in [3.8, 4) is 11.1 Å². The van der Waals surface area contributed by atoms with Crippen molar-refractivity contribution in [2.45, 2.75) is 27.3 Å². The highest BCUT2D eigenvalue weighted by molar-refractivity contribution is 7.17. The summed E-state index contributed by atoms with van der Waals surface area (Å²) in [7, 11) is 0. The maximum Gasteiger partial charge on any atom is 0.274 e. The number of nitrogens with one attached hydrogen (secondary N) is 1. The number of carbonyl (C=O) groups is 1. The van der Waals surface area contributed by atoms with E-state index < -0.39 is 10.8 Å². The van der Waals surface area contributed by atoms with Crippen LogP contribution in [-0.4, -0.2) is 20.4 Å². The molecule has 4 rings (SSSR count). The summed E-state index contributed by atoms with van der Waals surface area (Å²) in [6.07, 6.45) is 1.35. The molecule has 0 saturated carbocycles. The molecule has 0 radical (unpaired) electrons. The highest BCUT2D eigenvalue weighted by Crippen LogP contribution is 2.31. The Balaban J connectivity index is 1.66. The first-order chi connectivity index (χ1) is 15.3. The zero-order chi connectivity index (χ0) is 23.0. The molecule has 0 saturated heterocycles. The van der Waals surface area contributed by atoms with E-state index in [-0.39, 0.29) is 17.8 Å². The zero-order valence-electron chi connectivity index (χ0n) is 17.7. The molecule has 4 aromatic rings. The number of nitro groups is 1. The molecular formula is C23H20N4O4S. The monoisotopic (exact) mass is 448 g/mol. The van der Waals surface area contributed by atoms with E-state index in [4.69, 9.17) is 0 Å². The molecule has 162 valence electrons. The number of hydrogen-bond acceptors (Lipinski definition) is 6. The van der Waals surface area contributed by atoms with E-state index in [0.29, 0.717) is 21.5 Å². The number of aromatic nitrogens is 2. The van der Waals surface area contributed by atoms with Crippen LogP contribution in [0.3, 0.4) is 0 Å². The summed E-state index contributed by atoms with van der Waals surface area (Å²) >= 11 is 1.38. The number of hydrogen-bond donors (Lipinski definition) is 1. The van der Waals surface area contributed by atoms with Crippen molar-refractivity contribution in [3.63, 3.8) is 0 Å². The molecule has 0 aliphatic rings. The van der Waals surface area contributed by atoms with Crippen LogP contribution in [-0.2, 0) is 11.3 Å². The van der Waals surface area contributed by atoms with Crippen molar-refractivity contribution in [2.24, 2.45) is 0 Å². The molecule has 0 aliphatic heterocycles. The Morgan fingerprint density at radius 1 is 1.19 bits per heavy atom. The summed E-state index contributed by atoms with van der Waals surface area (Å²) in [5.41, 5.74) is 4.28. The quantitative estimate of drug-likeness (QED) is 0.355. The van der Waals surface area contributed by atoms with Crippen LogP contribution in [0.2, 0.25) is 0 Å². The zero-order valence-corrected chi connectivity index (χ0v) is 18.5. The standard InChI is InChI=1S/C23H20N4O4S/c1-13-7-8-16(9-14(13)2)17-11-32-22-21(17)23(29)26(12-24-22)10-20(28)25-18-5-4-6-19(15(18)3)27(30)31/h4-9,11-12H,10H2,1-3H3,(H,25,28). The molecule has 9 heteroatoms. The van der Waals surface area contributed by atoms with Crippen LogP contribution in [0, 0.1) is 30.9 Å². The highest BCUT2D eigenvalue weighted by atomic mass is 32.1. The van der Waals surface area contributed by atoms with Gasteiger partial charge in [-0.1, -0.05) is 24.3 Å². The number of fused-ring (bicyclic) bond motifs is 1. The molecule has 0 atom stereocenters. The van der Waals surface area contributed by atoms with Crippen LogP contribution in [0.25, 0.3) is 21.3 Å². The predicted octanol–water partition coefficient (Wildman–Crippen LogP) is 4.60. The number of thiophene rings is 1. The fraction of sp³-hybridized carbons (Fsp3) is 0.174. The lowest BCUT2D eigenvalue weighted by atomic mass is 10.0. The van der Waals surface area contributed by atoms with Crippen molar-refractivity contribution < 1.29 is 9.72 Å². The average molecular weight is 449 g/mol. The molecule has 0 bridgehead atoms. The van der Waals surface area contributed by atoms with Gasteiger partial charge in [-0.15, -0.1) is 11.3 Å². The van der Waals surface area contributed by atoms with Crippen molar-refractivity contribution in [1.29, 1.82) is 0 Å². The van der Waals surface area contributed by atoms with Crippen LogP contribution < -0.4 is 10.9 Å². The lowest BCUT2D eigenvalue weighted by Gasteiger charge is -2.10. The van der Waals surface area contributed by atoms with E-state index in [2.05, 4.69) is 10.3 Å². The first-order valence-corrected chi connectivity index (χ1v) is 10.7. The maximum absolute atomic E-state index is 13.2. The topological polar surface area (TPSA) is 107 Å². The third-order valence-corrected chi connectivity index (χ3v) is 6.35. The van der Waals surface area contributed by atoms with E-state index in [1.165, 1.54) is 34.4 Å². The highest BCUT2D eigenvalue weighted by Gasteiger charge is 2.17. The minimum atomic E-state index is -0.502. The van der Waals surface area contributed by atoms with Gasteiger partial charge in [0.1, 0.15) is 11.4 Å². The first kappa shape index (κ1) is 21.4. The Hall–Kier alpha value is -3.85. The Morgan fingerprint density at radius 2 is 1.97 bits per heavy atom. The minimum absolute atomic E-state index is 0.0839. The number of carbonyl (C=O) groups excluding carboxylic acids is 1. The van der Waals surface area contributed by atoms with E-state index >= 15 is 0 Å². The number of aryl methyl sites for hydroxylation is 2. The van der Waals surface area contributed by atoms with Gasteiger partial charge in [0.15, 0.2) is 0 Å². The average Bonchev–Trinajstić information content (AvgIpc) is 3.18. The summed E-state index contributed by atoms with van der Waals surface area (Å²) in [5.74, 6) is -0.472. The Bertz CT molecular complexity index is 1440. The maximum atomic E-state index is 13.2. The SMILES string of the molecule is Cc1ccc(-c2csc3ncn(CC(=O)Nc4cccc([N+](=O)[O-])c4C)c(=O)c23)cc1C. The van der Waals surface area contributed by atoms with Crippen LogP contribution in [0.15, 0.2) is 52.9 Å². The van der Waals surface area contributed by atoms with Gasteiger partial charge in [-0.25, -0.2) is 4.98 Å². The van der Waals surface area contributed by atoms with Crippen molar-refractivity contribution in [3.05, 3.63) is 85.3 Å². The van der Waals surface area contributed by atoms with Gasteiger partial charge in [-0.2, -0.15) is 0 Å². The number of rotatable bonds is 5. The summed E-state index contributed by atoms with van der Waals surface area (Å²) in [5, 5.41) is 16.2. The Labute approximate surface area is 187 Å². The molecule has 1 amide bonds. The van der Waals surface area contributed by atoms with Gasteiger partial charge in [0.25, 0.3) is 11.2 Å². The Kier molecular flexibility index (Phi) is 5.58. The predicted molar refractivity (Wildman–Crippen MR) is 125 cm³/mol. The van der Waals surface area contributed by atoms with E-state index in [1.54, 1.807) is 13.0 Å². The van der Waals surface area contributed by atoms with Crippen LogP contribution in [0.5, 0.6) is 0 Å². The van der Waals surface area contributed by atoms with Gasteiger partial charge in [-0.05, 0) is 43.5 Å². The van der Waals surface area contributed by atoms with Crippen molar-refractivity contribution in [2.75, 3.05) is 5.32 Å². The van der Waals surface area contributed by atoms with Gasteiger partial charge in [0.2, 0.25) is 5.91 Å². The summed E-state index contributed by atoms with van der Waals surface area (Å²) in [4.78, 5) is 41.4. The van der Waals surface area contributed by atoms with E-state index in [9.17, 15) is 19.7 Å². The lowest BCUT2D eigenvalue weighted by Crippen LogP contribution is -2.28. The number of anilines is 1. The molecule has 0 fully saturated rings. The van der Waals surface area contributed by atoms with Gasteiger partial charge < -0.3 is 5.32 Å². The van der Waals surface area contributed by atoms with Gasteiger partial charge in [0, 0.05) is 17.0 Å². The number of amides is 1. The molecule has 2 aromatic carbocycles. The lowest BCUT2D eigenvalue weighted by molar-refractivity contribution is -0.385. The third-order valence-electron chi connectivity index (χ3n) is 5.47. The Morgan fingerprint density at radius 3 is 2.69 bits per heavy atom. The van der Waals surface area contributed by atoms with Crippen LogP contribution >= 0.6 is 11.3 Å². The molecular weight excluding hydrogens is 428 g/mol. The molecule has 0 unspecified atom stereocenters. The molecule has 2 aromatic heterocycles. The van der Waals surface area contributed by atoms with Gasteiger partial charge in [0.05, 0.1) is 27.9 Å². The van der Waals surface area contributed by atoms with Crippen molar-refractivity contribution in [1.82, 2.24) is 9.55 Å². The largest absolute Gasteiger partial charge is 0.324 e. The number of benzene rings is 2. The van der Waals surface area contributed by atoms with E-state index in [0.717, 1.165) is 22.3 Å². The summed E-state index contributed by atoms with van der Waals surface area (Å²) < 4.78 is 1.25. The minimum Gasteiger partial charge on any atom is -0.324 e. The van der Waals surface area contributed by atoms with Crippen LogP contribution in [0.1, 0.15) is 16.7 Å². The molecule has 0 spiro atoms. The van der Waals surface area contributed by atoms with Crippen LogP contribution in [0.4, 0.5) is 11.4 Å². The molecule has 32 heavy (non-hydrogen) atoms. The summed E-state index contributed by atoms with van der Waals surface area (Å²) in [6, 6.07) is 10.5. The second-order valence-electron chi connectivity index (χ2n) is 7.56. The van der Waals surface area contributed by atoms with E-state index in [1.807, 2.05) is 37.4 Å².